The van der Waals surface area contributed by atoms with E-state index in [0.717, 1.165) is 0 Å². The van der Waals surface area contributed by atoms with E-state index < -0.39 is 5.82 Å². The first-order chi connectivity index (χ1) is 13.5. The third-order valence-corrected chi connectivity index (χ3v) is 4.48. The number of hydrogen-bond acceptors (Lipinski definition) is 5. The molecule has 28 heavy (non-hydrogen) atoms. The largest absolute Gasteiger partial charge is 0.378 e. The standard InChI is InChI=1S/C19H20ClFN4O3/c20-16-11-14(19(27)25-7-9-28-10-8-25)12-24-17(16)22-5-6-23-18(26)13-1-3-15(21)4-2-13/h1-4,11-12H,5-10H2,(H,22,24)(H,23,26). The smallest absolute Gasteiger partial charge is 0.255 e. The second kappa shape index (κ2) is 9.48. The zero-order valence-corrected chi connectivity index (χ0v) is 15.8. The molecule has 2 amide bonds. The Morgan fingerprint density at radius 3 is 2.54 bits per heavy atom. The molecule has 2 aromatic rings. The van der Waals surface area contributed by atoms with Crippen LogP contribution in [0.4, 0.5) is 10.2 Å². The van der Waals surface area contributed by atoms with Gasteiger partial charge in [-0.05, 0) is 30.3 Å². The molecule has 0 radical (unpaired) electrons. The number of carbonyl (C=O) groups excluding carboxylic acids is 2. The van der Waals surface area contributed by atoms with Crippen LogP contribution >= 0.6 is 11.6 Å². The van der Waals surface area contributed by atoms with Gasteiger partial charge < -0.3 is 20.3 Å². The number of halogens is 2. The summed E-state index contributed by atoms with van der Waals surface area (Å²) in [6, 6.07) is 6.88. The van der Waals surface area contributed by atoms with Crippen molar-refractivity contribution < 1.29 is 18.7 Å². The molecule has 1 saturated heterocycles. The fourth-order valence-corrected chi connectivity index (χ4v) is 2.93. The van der Waals surface area contributed by atoms with Gasteiger partial charge in [0, 0.05) is 37.9 Å². The van der Waals surface area contributed by atoms with Gasteiger partial charge in [-0.15, -0.1) is 0 Å². The van der Waals surface area contributed by atoms with E-state index in [0.29, 0.717) is 61.4 Å². The molecule has 148 valence electrons. The number of nitrogens with one attached hydrogen (secondary N) is 2. The second-order valence-electron chi connectivity index (χ2n) is 6.15. The summed E-state index contributed by atoms with van der Waals surface area (Å²) in [4.78, 5) is 30.3. The normalized spacial score (nSPS) is 13.9. The molecular weight excluding hydrogens is 387 g/mol. The van der Waals surface area contributed by atoms with Gasteiger partial charge in [0.15, 0.2) is 0 Å². The van der Waals surface area contributed by atoms with E-state index in [-0.39, 0.29) is 11.8 Å². The molecule has 2 heterocycles. The van der Waals surface area contributed by atoms with Crippen LogP contribution in [-0.4, -0.2) is 61.1 Å². The molecule has 0 aliphatic carbocycles. The Balaban J connectivity index is 1.48. The number of amides is 2. The Morgan fingerprint density at radius 1 is 1.14 bits per heavy atom. The number of pyridine rings is 1. The van der Waals surface area contributed by atoms with Gasteiger partial charge in [-0.1, -0.05) is 11.6 Å². The van der Waals surface area contributed by atoms with Crippen molar-refractivity contribution in [2.45, 2.75) is 0 Å². The summed E-state index contributed by atoms with van der Waals surface area (Å²) in [5, 5.41) is 6.05. The molecule has 0 bridgehead atoms. The first-order valence-corrected chi connectivity index (χ1v) is 9.22. The van der Waals surface area contributed by atoms with Crippen LogP contribution in [0.5, 0.6) is 0 Å². The van der Waals surface area contributed by atoms with Crippen molar-refractivity contribution in [2.75, 3.05) is 44.7 Å². The predicted molar refractivity (Wildman–Crippen MR) is 103 cm³/mol. The summed E-state index contributed by atoms with van der Waals surface area (Å²) in [7, 11) is 0. The third kappa shape index (κ3) is 5.17. The fraction of sp³-hybridized carbons (Fsp3) is 0.316. The van der Waals surface area contributed by atoms with E-state index in [1.807, 2.05) is 0 Å². The first kappa shape index (κ1) is 20.0. The Morgan fingerprint density at radius 2 is 1.86 bits per heavy atom. The molecule has 1 aromatic carbocycles. The summed E-state index contributed by atoms with van der Waals surface area (Å²) in [6.07, 6.45) is 1.48. The topological polar surface area (TPSA) is 83.6 Å². The Hall–Kier alpha value is -2.71. The molecule has 1 aliphatic rings. The Labute approximate surface area is 166 Å². The molecule has 0 unspecified atom stereocenters. The maximum absolute atomic E-state index is 12.9. The molecular formula is C19H20ClFN4O3. The number of ether oxygens (including phenoxy) is 1. The van der Waals surface area contributed by atoms with Crippen LogP contribution in [-0.2, 0) is 4.74 Å². The molecule has 0 spiro atoms. The lowest BCUT2D eigenvalue weighted by Crippen LogP contribution is -2.40. The average molecular weight is 407 g/mol. The predicted octanol–water partition coefficient (Wildman–Crippen LogP) is 2.19. The Kier molecular flexibility index (Phi) is 6.78. The highest BCUT2D eigenvalue weighted by atomic mass is 35.5. The average Bonchev–Trinajstić information content (AvgIpc) is 2.72. The van der Waals surface area contributed by atoms with Crippen molar-refractivity contribution >= 4 is 29.2 Å². The molecule has 1 aromatic heterocycles. The van der Waals surface area contributed by atoms with Gasteiger partial charge in [0.05, 0.1) is 23.8 Å². The maximum atomic E-state index is 12.9. The minimum Gasteiger partial charge on any atom is -0.378 e. The van der Waals surface area contributed by atoms with Crippen LogP contribution in [0.25, 0.3) is 0 Å². The van der Waals surface area contributed by atoms with Gasteiger partial charge in [-0.25, -0.2) is 9.37 Å². The van der Waals surface area contributed by atoms with Gasteiger partial charge in [0.1, 0.15) is 11.6 Å². The molecule has 3 rings (SSSR count). The van der Waals surface area contributed by atoms with Crippen LogP contribution in [0.15, 0.2) is 36.5 Å². The minimum absolute atomic E-state index is 0.129. The summed E-state index contributed by atoms with van der Waals surface area (Å²) in [5.41, 5.74) is 0.797. The number of anilines is 1. The highest BCUT2D eigenvalue weighted by Crippen LogP contribution is 2.21. The number of aromatic nitrogens is 1. The van der Waals surface area contributed by atoms with Gasteiger partial charge >= 0.3 is 0 Å². The number of carbonyl (C=O) groups is 2. The van der Waals surface area contributed by atoms with Gasteiger partial charge in [-0.3, -0.25) is 9.59 Å². The number of rotatable bonds is 6. The molecule has 1 aliphatic heterocycles. The maximum Gasteiger partial charge on any atom is 0.255 e. The minimum atomic E-state index is -0.394. The van der Waals surface area contributed by atoms with Crippen molar-refractivity contribution in [3.8, 4) is 0 Å². The van der Waals surface area contributed by atoms with Crippen LogP contribution in [0.1, 0.15) is 20.7 Å². The SMILES string of the molecule is O=C(NCCNc1ncc(C(=O)N2CCOCC2)cc1Cl)c1ccc(F)cc1. The van der Waals surface area contributed by atoms with E-state index in [1.165, 1.54) is 30.5 Å². The Bertz CT molecular complexity index is 842. The van der Waals surface area contributed by atoms with Gasteiger partial charge in [0.2, 0.25) is 0 Å². The lowest BCUT2D eigenvalue weighted by molar-refractivity contribution is 0.0302. The van der Waals surface area contributed by atoms with E-state index in [4.69, 9.17) is 16.3 Å². The van der Waals surface area contributed by atoms with Crippen LogP contribution in [0, 0.1) is 5.82 Å². The van der Waals surface area contributed by atoms with Crippen molar-refractivity contribution in [1.29, 1.82) is 0 Å². The van der Waals surface area contributed by atoms with Gasteiger partial charge in [-0.2, -0.15) is 0 Å². The molecule has 9 heteroatoms. The lowest BCUT2D eigenvalue weighted by Gasteiger charge is -2.26. The van der Waals surface area contributed by atoms with Gasteiger partial charge in [0.25, 0.3) is 11.8 Å². The zero-order chi connectivity index (χ0) is 19.9. The molecule has 0 atom stereocenters. The summed E-state index contributed by atoms with van der Waals surface area (Å²) in [5.74, 6) is -0.395. The van der Waals surface area contributed by atoms with Crippen molar-refractivity contribution in [3.63, 3.8) is 0 Å². The summed E-state index contributed by atoms with van der Waals surface area (Å²) in [6.45, 7) is 2.85. The number of nitrogens with zero attached hydrogens (tertiary/aromatic N) is 2. The number of hydrogen-bond donors (Lipinski definition) is 2. The highest BCUT2D eigenvalue weighted by molar-refractivity contribution is 6.33. The monoisotopic (exact) mass is 406 g/mol. The van der Waals surface area contributed by atoms with Crippen LogP contribution < -0.4 is 10.6 Å². The highest BCUT2D eigenvalue weighted by Gasteiger charge is 2.19. The number of morpholine rings is 1. The summed E-state index contributed by atoms with van der Waals surface area (Å²) < 4.78 is 18.1. The molecule has 7 nitrogen and oxygen atoms in total. The van der Waals surface area contributed by atoms with E-state index >= 15 is 0 Å². The van der Waals surface area contributed by atoms with Crippen molar-refractivity contribution in [1.82, 2.24) is 15.2 Å². The first-order valence-electron chi connectivity index (χ1n) is 8.85. The second-order valence-corrected chi connectivity index (χ2v) is 6.56. The zero-order valence-electron chi connectivity index (χ0n) is 15.1. The lowest BCUT2D eigenvalue weighted by atomic mass is 10.2. The molecule has 0 saturated carbocycles. The van der Waals surface area contributed by atoms with E-state index in [9.17, 15) is 14.0 Å². The van der Waals surface area contributed by atoms with Crippen LogP contribution in [0.3, 0.4) is 0 Å². The number of benzene rings is 1. The van der Waals surface area contributed by atoms with Crippen LogP contribution in [0.2, 0.25) is 5.02 Å². The van der Waals surface area contributed by atoms with Crippen molar-refractivity contribution in [3.05, 3.63) is 58.5 Å². The third-order valence-electron chi connectivity index (χ3n) is 4.20. The van der Waals surface area contributed by atoms with E-state index in [2.05, 4.69) is 15.6 Å². The summed E-state index contributed by atoms with van der Waals surface area (Å²) >= 11 is 6.22. The molecule has 2 N–H and O–H groups in total. The van der Waals surface area contributed by atoms with E-state index in [1.54, 1.807) is 11.0 Å². The quantitative estimate of drug-likeness (QED) is 0.718. The fourth-order valence-electron chi connectivity index (χ4n) is 2.69. The molecule has 1 fully saturated rings. The van der Waals surface area contributed by atoms with Crippen molar-refractivity contribution in [2.24, 2.45) is 0 Å².